The van der Waals surface area contributed by atoms with Gasteiger partial charge in [0.2, 0.25) is 0 Å². The van der Waals surface area contributed by atoms with Crippen LogP contribution in [-0.4, -0.2) is 13.1 Å². The Morgan fingerprint density at radius 2 is 1.33 bits per heavy atom. The molecule has 2 nitrogen and oxygen atoms in total. The first-order valence-corrected chi connectivity index (χ1v) is 7.70. The first-order chi connectivity index (χ1) is 8.62. The zero-order valence-corrected chi connectivity index (χ0v) is 12.2. The smallest absolute Gasteiger partial charge is 0.308 e. The molecule has 4 saturated carbocycles. The molecule has 4 bridgehead atoms. The Labute approximate surface area is 111 Å². The van der Waals surface area contributed by atoms with Crippen LogP contribution >= 0.6 is 0 Å². The predicted molar refractivity (Wildman–Crippen MR) is 73.1 cm³/mol. The maximum absolute atomic E-state index is 10.5. The third-order valence-electron chi connectivity index (χ3n) is 5.22. The van der Waals surface area contributed by atoms with Gasteiger partial charge >= 0.3 is 5.97 Å². The number of hydrogen-bond donors (Lipinski definition) is 0. The highest BCUT2D eigenvalue weighted by molar-refractivity contribution is 5.71. The van der Waals surface area contributed by atoms with E-state index in [1.165, 1.54) is 30.8 Å². The number of carbonyl (C=O) groups excluding carboxylic acids is 1. The Morgan fingerprint density at radius 3 is 1.50 bits per heavy atom. The molecule has 0 aliphatic heterocycles. The van der Waals surface area contributed by atoms with E-state index in [1.54, 1.807) is 38.5 Å². The van der Waals surface area contributed by atoms with E-state index in [1.807, 2.05) is 13.8 Å². The zero-order valence-electron chi connectivity index (χ0n) is 12.2. The van der Waals surface area contributed by atoms with Crippen molar-refractivity contribution in [3.8, 4) is 0 Å². The SMILES string of the molecule is C1C2CC3CC1CC(C2)C3.CCC(C)C(=O)OC. The van der Waals surface area contributed by atoms with Crippen molar-refractivity contribution in [3.63, 3.8) is 0 Å². The number of carbonyl (C=O) groups is 1. The summed E-state index contributed by atoms with van der Waals surface area (Å²) in [5.74, 6) is 4.65. The molecule has 0 N–H and O–H groups in total. The fourth-order valence-electron chi connectivity index (χ4n) is 4.35. The molecule has 0 saturated heterocycles. The van der Waals surface area contributed by atoms with Crippen molar-refractivity contribution < 1.29 is 9.53 Å². The van der Waals surface area contributed by atoms with Gasteiger partial charge in [-0.25, -0.2) is 0 Å². The number of esters is 1. The molecule has 18 heavy (non-hydrogen) atoms. The summed E-state index contributed by atoms with van der Waals surface area (Å²) < 4.78 is 4.46. The van der Waals surface area contributed by atoms with E-state index in [0.29, 0.717) is 0 Å². The van der Waals surface area contributed by atoms with Gasteiger partial charge in [-0.1, -0.05) is 13.8 Å². The Balaban J connectivity index is 0.000000139. The second-order valence-corrected chi connectivity index (χ2v) is 6.71. The second kappa shape index (κ2) is 6.08. The third-order valence-corrected chi connectivity index (χ3v) is 5.22. The minimum atomic E-state index is -0.118. The molecule has 0 heterocycles. The summed E-state index contributed by atoms with van der Waals surface area (Å²) in [7, 11) is 1.41. The van der Waals surface area contributed by atoms with Crippen molar-refractivity contribution in [1.82, 2.24) is 0 Å². The van der Waals surface area contributed by atoms with Crippen LogP contribution in [0, 0.1) is 29.6 Å². The minimum absolute atomic E-state index is 0.0556. The highest BCUT2D eigenvalue weighted by Crippen LogP contribution is 2.53. The van der Waals surface area contributed by atoms with Gasteiger partial charge in [-0.3, -0.25) is 4.79 Å². The molecule has 0 spiro atoms. The molecule has 0 aromatic heterocycles. The molecule has 4 aliphatic rings. The number of rotatable bonds is 2. The molecule has 4 fully saturated rings. The van der Waals surface area contributed by atoms with Gasteiger partial charge in [0.1, 0.15) is 0 Å². The van der Waals surface area contributed by atoms with E-state index in [2.05, 4.69) is 4.74 Å². The molecule has 0 aromatic rings. The van der Waals surface area contributed by atoms with E-state index in [-0.39, 0.29) is 11.9 Å². The van der Waals surface area contributed by atoms with Crippen LogP contribution in [0.1, 0.15) is 58.8 Å². The van der Waals surface area contributed by atoms with Crippen LogP contribution in [0.15, 0.2) is 0 Å². The summed E-state index contributed by atoms with van der Waals surface area (Å²) in [4.78, 5) is 10.5. The van der Waals surface area contributed by atoms with Crippen molar-refractivity contribution in [2.75, 3.05) is 7.11 Å². The average molecular weight is 252 g/mol. The van der Waals surface area contributed by atoms with Crippen molar-refractivity contribution in [2.45, 2.75) is 58.8 Å². The summed E-state index contributed by atoms with van der Waals surface area (Å²) in [5.41, 5.74) is 0. The minimum Gasteiger partial charge on any atom is -0.469 e. The topological polar surface area (TPSA) is 26.3 Å². The van der Waals surface area contributed by atoms with Crippen LogP contribution in [0.5, 0.6) is 0 Å². The lowest BCUT2D eigenvalue weighted by Gasteiger charge is -2.49. The van der Waals surface area contributed by atoms with Gasteiger partial charge in [0, 0.05) is 0 Å². The van der Waals surface area contributed by atoms with E-state index in [9.17, 15) is 4.79 Å². The first kappa shape index (κ1) is 13.9. The second-order valence-electron chi connectivity index (χ2n) is 6.71. The molecule has 4 rings (SSSR count). The van der Waals surface area contributed by atoms with Crippen LogP contribution < -0.4 is 0 Å². The van der Waals surface area contributed by atoms with Crippen molar-refractivity contribution >= 4 is 5.97 Å². The van der Waals surface area contributed by atoms with E-state index in [0.717, 1.165) is 6.42 Å². The predicted octanol–water partition coefficient (Wildman–Crippen LogP) is 4.04. The Bertz CT molecular complexity index is 228. The summed E-state index contributed by atoms with van der Waals surface area (Å²) in [5, 5.41) is 0. The van der Waals surface area contributed by atoms with Gasteiger partial charge in [0.15, 0.2) is 0 Å². The molecule has 2 heteroatoms. The molecule has 0 radical (unpaired) electrons. The van der Waals surface area contributed by atoms with Crippen LogP contribution in [0.4, 0.5) is 0 Å². The largest absolute Gasteiger partial charge is 0.469 e. The molecule has 0 amide bonds. The normalized spacial score (nSPS) is 37.7. The molecule has 1 atom stereocenters. The standard InChI is InChI=1S/C10H16.C6H12O2/c1-7-2-9-4-8(1)5-10(3-7)6-9;1-4-5(2)6(7)8-3/h7-10H,1-6H2;5H,4H2,1-3H3. The van der Waals surface area contributed by atoms with Crippen LogP contribution in [0.2, 0.25) is 0 Å². The molecular weight excluding hydrogens is 224 g/mol. The van der Waals surface area contributed by atoms with Crippen molar-refractivity contribution in [1.29, 1.82) is 0 Å². The molecule has 4 aliphatic carbocycles. The molecular formula is C16H28O2. The van der Waals surface area contributed by atoms with Crippen LogP contribution in [-0.2, 0) is 9.53 Å². The summed E-state index contributed by atoms with van der Waals surface area (Å²) in [6.45, 7) is 3.81. The van der Waals surface area contributed by atoms with Crippen molar-refractivity contribution in [3.05, 3.63) is 0 Å². The Hall–Kier alpha value is -0.530. The van der Waals surface area contributed by atoms with E-state index in [4.69, 9.17) is 0 Å². The average Bonchev–Trinajstić information content (AvgIpc) is 2.36. The number of ether oxygens (including phenoxy) is 1. The first-order valence-electron chi connectivity index (χ1n) is 7.70. The molecule has 0 aromatic carbocycles. The van der Waals surface area contributed by atoms with Gasteiger partial charge in [-0.2, -0.15) is 0 Å². The maximum Gasteiger partial charge on any atom is 0.308 e. The molecule has 104 valence electrons. The third kappa shape index (κ3) is 3.27. The van der Waals surface area contributed by atoms with Crippen LogP contribution in [0.25, 0.3) is 0 Å². The number of hydrogen-bond acceptors (Lipinski definition) is 2. The highest BCUT2D eigenvalue weighted by atomic mass is 16.5. The Kier molecular flexibility index (Phi) is 4.69. The van der Waals surface area contributed by atoms with E-state index >= 15 is 0 Å². The fraction of sp³-hybridized carbons (Fsp3) is 0.938. The summed E-state index contributed by atoms with van der Waals surface area (Å²) >= 11 is 0. The van der Waals surface area contributed by atoms with Gasteiger partial charge in [0.05, 0.1) is 13.0 Å². The van der Waals surface area contributed by atoms with Gasteiger partial charge in [-0.15, -0.1) is 0 Å². The quantitative estimate of drug-likeness (QED) is 0.693. The number of methoxy groups -OCH3 is 1. The highest BCUT2D eigenvalue weighted by Gasteiger charge is 2.41. The van der Waals surface area contributed by atoms with E-state index < -0.39 is 0 Å². The Morgan fingerprint density at radius 1 is 1.00 bits per heavy atom. The maximum atomic E-state index is 10.5. The van der Waals surface area contributed by atoms with Gasteiger partial charge in [0.25, 0.3) is 0 Å². The lowest BCUT2D eigenvalue weighted by Crippen LogP contribution is -2.38. The van der Waals surface area contributed by atoms with Gasteiger partial charge < -0.3 is 4.74 Å². The lowest BCUT2D eigenvalue weighted by molar-refractivity contribution is -0.144. The van der Waals surface area contributed by atoms with Crippen LogP contribution in [0.3, 0.4) is 0 Å². The summed E-state index contributed by atoms with van der Waals surface area (Å²) in [6.07, 6.45) is 10.5. The molecule has 1 unspecified atom stereocenters. The van der Waals surface area contributed by atoms with Crippen molar-refractivity contribution in [2.24, 2.45) is 29.6 Å². The van der Waals surface area contributed by atoms with Gasteiger partial charge in [-0.05, 0) is 68.6 Å². The fourth-order valence-corrected chi connectivity index (χ4v) is 4.35. The lowest BCUT2D eigenvalue weighted by atomic mass is 9.56. The summed E-state index contributed by atoms with van der Waals surface area (Å²) in [6, 6.07) is 0. The monoisotopic (exact) mass is 252 g/mol. The zero-order chi connectivity index (χ0) is 13.1.